The summed E-state index contributed by atoms with van der Waals surface area (Å²) in [5.74, 6) is 0.462. The van der Waals surface area contributed by atoms with Crippen LogP contribution in [-0.4, -0.2) is 25.6 Å². The number of sulfonamides is 1. The Morgan fingerprint density at radius 1 is 1.40 bits per heavy atom. The molecule has 0 saturated heterocycles. The Morgan fingerprint density at radius 3 is 2.65 bits per heavy atom. The number of aryl methyl sites for hydroxylation is 1. The third-order valence-electron chi connectivity index (χ3n) is 3.76. The van der Waals surface area contributed by atoms with Crippen LogP contribution in [-0.2, 0) is 23.1 Å². The Hall–Kier alpha value is -0.850. The first-order valence-corrected chi connectivity index (χ1v) is 8.88. The summed E-state index contributed by atoms with van der Waals surface area (Å²) >= 11 is 0. The number of hydrogen-bond donors (Lipinski definition) is 2. The predicted molar refractivity (Wildman–Crippen MR) is 80.0 cm³/mol. The van der Waals surface area contributed by atoms with E-state index in [-0.39, 0.29) is 6.04 Å². The zero-order chi connectivity index (χ0) is 14.8. The summed E-state index contributed by atoms with van der Waals surface area (Å²) in [6, 6.07) is 1.90. The molecule has 5 nitrogen and oxygen atoms in total. The van der Waals surface area contributed by atoms with Gasteiger partial charge in [0.2, 0.25) is 10.0 Å². The molecule has 1 aromatic rings. The zero-order valence-corrected chi connectivity index (χ0v) is 13.3. The minimum absolute atomic E-state index is 0.117. The number of nitrogens with one attached hydrogen (secondary N) is 2. The molecular weight excluding hydrogens is 274 g/mol. The molecule has 2 atom stereocenters. The summed E-state index contributed by atoms with van der Waals surface area (Å²) in [5.41, 5.74) is 1.02. The third kappa shape index (κ3) is 3.62. The Bertz CT molecular complexity index is 551. The standard InChI is InChI=1S/C14H25N3O2S/c1-4-6-15-9-12-8-13(10-17(12)5-2)20(18,19)16-14-7-11(14)3/h8,10-11,14-16H,4-7,9H2,1-3H3. The Morgan fingerprint density at radius 2 is 2.10 bits per heavy atom. The van der Waals surface area contributed by atoms with Crippen LogP contribution in [0, 0.1) is 5.92 Å². The van der Waals surface area contributed by atoms with Crippen LogP contribution in [0.4, 0.5) is 0 Å². The molecule has 1 aliphatic rings. The maximum Gasteiger partial charge on any atom is 0.242 e. The minimum atomic E-state index is -3.37. The molecule has 2 unspecified atom stereocenters. The van der Waals surface area contributed by atoms with E-state index in [1.165, 1.54) is 0 Å². The molecule has 114 valence electrons. The number of rotatable bonds is 8. The third-order valence-corrected chi connectivity index (χ3v) is 5.22. The van der Waals surface area contributed by atoms with Crippen LogP contribution in [0.15, 0.2) is 17.2 Å². The fourth-order valence-corrected chi connectivity index (χ4v) is 3.68. The smallest absolute Gasteiger partial charge is 0.242 e. The van der Waals surface area contributed by atoms with Gasteiger partial charge in [-0.2, -0.15) is 0 Å². The molecule has 1 heterocycles. The van der Waals surface area contributed by atoms with E-state index in [9.17, 15) is 8.42 Å². The highest BCUT2D eigenvalue weighted by atomic mass is 32.2. The molecule has 0 amide bonds. The van der Waals surface area contributed by atoms with Crippen LogP contribution >= 0.6 is 0 Å². The van der Waals surface area contributed by atoms with Crippen LogP contribution in [0.2, 0.25) is 0 Å². The van der Waals surface area contributed by atoms with E-state index < -0.39 is 10.0 Å². The molecule has 1 aromatic heterocycles. The molecule has 6 heteroatoms. The van der Waals surface area contributed by atoms with Gasteiger partial charge in [-0.25, -0.2) is 13.1 Å². The first-order chi connectivity index (χ1) is 9.47. The molecule has 0 radical (unpaired) electrons. The van der Waals surface area contributed by atoms with Crippen molar-refractivity contribution in [2.45, 2.75) is 57.6 Å². The molecule has 2 N–H and O–H groups in total. The quantitative estimate of drug-likeness (QED) is 0.718. The normalized spacial score (nSPS) is 22.1. The molecule has 0 spiro atoms. The lowest BCUT2D eigenvalue weighted by Crippen LogP contribution is -2.26. The van der Waals surface area contributed by atoms with Gasteiger partial charge in [0, 0.05) is 31.0 Å². The van der Waals surface area contributed by atoms with E-state index in [2.05, 4.69) is 23.9 Å². The van der Waals surface area contributed by atoms with Gasteiger partial charge >= 0.3 is 0 Å². The van der Waals surface area contributed by atoms with E-state index in [1.54, 1.807) is 12.3 Å². The van der Waals surface area contributed by atoms with E-state index in [0.717, 1.165) is 31.6 Å². The summed E-state index contributed by atoms with van der Waals surface area (Å²) < 4.78 is 29.3. The highest BCUT2D eigenvalue weighted by Gasteiger charge is 2.36. The summed E-state index contributed by atoms with van der Waals surface area (Å²) in [5, 5.41) is 3.31. The number of nitrogens with zero attached hydrogens (tertiary/aromatic N) is 1. The Kier molecular flexibility index (Phi) is 4.88. The van der Waals surface area contributed by atoms with Gasteiger partial charge < -0.3 is 9.88 Å². The van der Waals surface area contributed by atoms with Crippen LogP contribution in [0.5, 0.6) is 0 Å². The first kappa shape index (κ1) is 15.5. The van der Waals surface area contributed by atoms with Crippen molar-refractivity contribution in [3.8, 4) is 0 Å². The molecule has 0 aliphatic heterocycles. The van der Waals surface area contributed by atoms with Gasteiger partial charge in [-0.3, -0.25) is 0 Å². The van der Waals surface area contributed by atoms with Gasteiger partial charge in [0.15, 0.2) is 0 Å². The van der Waals surface area contributed by atoms with Gasteiger partial charge in [-0.15, -0.1) is 0 Å². The van der Waals surface area contributed by atoms with Crippen LogP contribution in [0.25, 0.3) is 0 Å². The van der Waals surface area contributed by atoms with Gasteiger partial charge in [0.05, 0.1) is 4.90 Å². The molecule has 1 fully saturated rings. The van der Waals surface area contributed by atoms with E-state index >= 15 is 0 Å². The zero-order valence-electron chi connectivity index (χ0n) is 12.5. The first-order valence-electron chi connectivity index (χ1n) is 7.40. The minimum Gasteiger partial charge on any atom is -0.349 e. The topological polar surface area (TPSA) is 63.1 Å². The average molecular weight is 299 g/mol. The van der Waals surface area contributed by atoms with Crippen molar-refractivity contribution in [3.05, 3.63) is 18.0 Å². The Labute approximate surface area is 121 Å². The van der Waals surface area contributed by atoms with Gasteiger partial charge in [0.1, 0.15) is 0 Å². The van der Waals surface area contributed by atoms with Crippen molar-refractivity contribution in [1.82, 2.24) is 14.6 Å². The average Bonchev–Trinajstić information content (AvgIpc) is 2.92. The van der Waals surface area contributed by atoms with E-state index in [0.29, 0.717) is 17.4 Å². The van der Waals surface area contributed by atoms with Gasteiger partial charge in [0.25, 0.3) is 0 Å². The lowest BCUT2D eigenvalue weighted by Gasteiger charge is -2.06. The summed E-state index contributed by atoms with van der Waals surface area (Å²) in [6.45, 7) is 8.62. The van der Waals surface area contributed by atoms with Gasteiger partial charge in [-0.05, 0) is 38.3 Å². The van der Waals surface area contributed by atoms with Crippen LogP contribution in [0.1, 0.15) is 39.3 Å². The maximum atomic E-state index is 12.3. The summed E-state index contributed by atoms with van der Waals surface area (Å²) in [7, 11) is -3.37. The molecule has 20 heavy (non-hydrogen) atoms. The second kappa shape index (κ2) is 6.28. The summed E-state index contributed by atoms with van der Waals surface area (Å²) in [4.78, 5) is 0.381. The van der Waals surface area contributed by atoms with Crippen molar-refractivity contribution < 1.29 is 8.42 Å². The lowest BCUT2D eigenvalue weighted by molar-refractivity contribution is 0.578. The molecule has 1 aliphatic carbocycles. The Balaban J connectivity index is 2.11. The van der Waals surface area contributed by atoms with Crippen molar-refractivity contribution in [1.29, 1.82) is 0 Å². The van der Waals surface area contributed by atoms with Crippen molar-refractivity contribution in [2.75, 3.05) is 6.54 Å². The van der Waals surface area contributed by atoms with E-state index in [4.69, 9.17) is 0 Å². The largest absolute Gasteiger partial charge is 0.349 e. The van der Waals surface area contributed by atoms with Crippen molar-refractivity contribution >= 4 is 10.0 Å². The molecule has 2 rings (SSSR count). The molecule has 0 aromatic carbocycles. The van der Waals surface area contributed by atoms with Crippen LogP contribution in [0.3, 0.4) is 0 Å². The molecular formula is C14H25N3O2S. The highest BCUT2D eigenvalue weighted by molar-refractivity contribution is 7.89. The van der Waals surface area contributed by atoms with Crippen molar-refractivity contribution in [3.63, 3.8) is 0 Å². The predicted octanol–water partition coefficient (Wildman–Crippen LogP) is 1.69. The number of aromatic nitrogens is 1. The van der Waals surface area contributed by atoms with Gasteiger partial charge in [-0.1, -0.05) is 13.8 Å². The lowest BCUT2D eigenvalue weighted by atomic mass is 10.4. The van der Waals surface area contributed by atoms with Crippen LogP contribution < -0.4 is 10.0 Å². The fourth-order valence-electron chi connectivity index (χ4n) is 2.26. The second-order valence-corrected chi connectivity index (χ2v) is 7.28. The molecule has 1 saturated carbocycles. The second-order valence-electron chi connectivity index (χ2n) is 5.57. The molecule has 0 bridgehead atoms. The SMILES string of the molecule is CCCNCc1cc(S(=O)(=O)NC2CC2C)cn1CC. The monoisotopic (exact) mass is 299 g/mol. The fraction of sp³-hybridized carbons (Fsp3) is 0.714. The van der Waals surface area contributed by atoms with E-state index in [1.807, 2.05) is 11.5 Å². The number of hydrogen-bond acceptors (Lipinski definition) is 3. The highest BCUT2D eigenvalue weighted by Crippen LogP contribution is 2.30. The summed E-state index contributed by atoms with van der Waals surface area (Å²) in [6.07, 6.45) is 3.75. The van der Waals surface area contributed by atoms with Crippen molar-refractivity contribution in [2.24, 2.45) is 5.92 Å². The maximum absolute atomic E-state index is 12.3.